The average Bonchev–Trinajstić information content (AvgIpc) is 2.94. The average molecular weight is 283 g/mol. The van der Waals surface area contributed by atoms with Gasteiger partial charge in [0.15, 0.2) is 11.5 Å². The highest BCUT2D eigenvalue weighted by atomic mass is 19.3. The van der Waals surface area contributed by atoms with Gasteiger partial charge in [-0.1, -0.05) is 0 Å². The SMILES string of the molecule is Nc1ncnc2c1ncn2C1CC(=C(F)F)C(O)C1O. The van der Waals surface area contributed by atoms with Crippen molar-refractivity contribution in [2.24, 2.45) is 0 Å². The van der Waals surface area contributed by atoms with Crippen molar-refractivity contribution in [2.45, 2.75) is 24.7 Å². The van der Waals surface area contributed by atoms with Crippen LogP contribution >= 0.6 is 0 Å². The minimum atomic E-state index is -1.97. The second-order valence-electron chi connectivity index (χ2n) is 4.58. The molecular formula is C11H11F2N5O2. The van der Waals surface area contributed by atoms with Gasteiger partial charge in [0.2, 0.25) is 0 Å². The monoisotopic (exact) mass is 283 g/mol. The molecule has 3 rings (SSSR count). The zero-order chi connectivity index (χ0) is 14.4. The molecule has 1 saturated carbocycles. The van der Waals surface area contributed by atoms with Crippen molar-refractivity contribution in [1.82, 2.24) is 19.5 Å². The molecule has 3 atom stereocenters. The fraction of sp³-hybridized carbons (Fsp3) is 0.364. The van der Waals surface area contributed by atoms with Gasteiger partial charge in [0.05, 0.1) is 12.4 Å². The smallest absolute Gasteiger partial charge is 0.272 e. The zero-order valence-corrected chi connectivity index (χ0v) is 10.1. The number of nitrogen functional groups attached to an aromatic ring is 1. The number of hydrogen-bond acceptors (Lipinski definition) is 6. The summed E-state index contributed by atoms with van der Waals surface area (Å²) in [5.74, 6) is 0.161. The quantitative estimate of drug-likeness (QED) is 0.691. The lowest BCUT2D eigenvalue weighted by atomic mass is 10.2. The molecule has 106 valence electrons. The van der Waals surface area contributed by atoms with Crippen LogP contribution in [0.25, 0.3) is 11.2 Å². The summed E-state index contributed by atoms with van der Waals surface area (Å²) in [7, 11) is 0. The summed E-state index contributed by atoms with van der Waals surface area (Å²) in [6, 6.07) is -0.777. The maximum absolute atomic E-state index is 12.7. The van der Waals surface area contributed by atoms with Crippen LogP contribution in [0.15, 0.2) is 24.3 Å². The molecule has 2 heterocycles. The number of rotatable bonds is 1. The highest BCUT2D eigenvalue weighted by molar-refractivity contribution is 5.81. The van der Waals surface area contributed by atoms with Crippen molar-refractivity contribution in [3.8, 4) is 0 Å². The Morgan fingerprint density at radius 2 is 2.05 bits per heavy atom. The minimum absolute atomic E-state index is 0.161. The van der Waals surface area contributed by atoms with Crippen LogP contribution in [-0.2, 0) is 0 Å². The Labute approximate surface area is 111 Å². The molecule has 1 aliphatic rings. The summed E-state index contributed by atoms with van der Waals surface area (Å²) in [6.07, 6.45) is -2.55. The Bertz CT molecular complexity index is 697. The van der Waals surface area contributed by atoms with Crippen molar-refractivity contribution in [3.63, 3.8) is 0 Å². The fourth-order valence-corrected chi connectivity index (χ4v) is 2.45. The highest BCUT2D eigenvalue weighted by Gasteiger charge is 2.41. The summed E-state index contributed by atoms with van der Waals surface area (Å²) < 4.78 is 26.8. The van der Waals surface area contributed by atoms with E-state index >= 15 is 0 Å². The van der Waals surface area contributed by atoms with Crippen LogP contribution in [0.5, 0.6) is 0 Å². The molecule has 4 N–H and O–H groups in total. The van der Waals surface area contributed by atoms with Crippen LogP contribution in [-0.4, -0.2) is 41.9 Å². The van der Waals surface area contributed by atoms with Gasteiger partial charge in [-0.05, 0) is 0 Å². The molecule has 9 heteroatoms. The first-order chi connectivity index (χ1) is 9.50. The molecule has 2 aromatic heterocycles. The van der Waals surface area contributed by atoms with Crippen LogP contribution in [0.2, 0.25) is 0 Å². The van der Waals surface area contributed by atoms with E-state index in [4.69, 9.17) is 5.73 Å². The number of nitrogens with zero attached hydrogens (tertiary/aromatic N) is 4. The van der Waals surface area contributed by atoms with E-state index in [0.29, 0.717) is 11.2 Å². The number of fused-ring (bicyclic) bond motifs is 1. The lowest BCUT2D eigenvalue weighted by molar-refractivity contribution is 0.0345. The standard InChI is InChI=1S/C11H11F2N5O2/c12-9(13)4-1-5(8(20)7(4)19)18-3-17-6-10(14)15-2-16-11(6)18/h2-3,5,7-8,19-20H,1H2,(H2,14,15,16). The molecule has 2 aromatic rings. The van der Waals surface area contributed by atoms with Gasteiger partial charge in [0, 0.05) is 12.0 Å². The van der Waals surface area contributed by atoms with Gasteiger partial charge in [0.1, 0.15) is 24.1 Å². The molecule has 0 aromatic carbocycles. The summed E-state index contributed by atoms with van der Waals surface area (Å²) in [5.41, 5.74) is 5.83. The molecule has 0 saturated heterocycles. The normalized spacial score (nSPS) is 26.4. The maximum atomic E-state index is 12.7. The molecule has 0 spiro atoms. The van der Waals surface area contributed by atoms with Gasteiger partial charge >= 0.3 is 0 Å². The number of aliphatic hydroxyl groups excluding tert-OH is 2. The first kappa shape index (κ1) is 12.9. The van der Waals surface area contributed by atoms with E-state index < -0.39 is 29.9 Å². The maximum Gasteiger partial charge on any atom is 0.272 e. The van der Waals surface area contributed by atoms with Gasteiger partial charge < -0.3 is 20.5 Å². The van der Waals surface area contributed by atoms with E-state index in [1.54, 1.807) is 0 Å². The predicted octanol–water partition coefficient (Wildman–Crippen LogP) is 0.226. The lowest BCUT2D eigenvalue weighted by Gasteiger charge is -2.17. The molecule has 0 amide bonds. The van der Waals surface area contributed by atoms with Crippen LogP contribution in [0, 0.1) is 0 Å². The number of imidazole rings is 1. The Hall–Kier alpha value is -2.13. The minimum Gasteiger partial charge on any atom is -0.388 e. The summed E-state index contributed by atoms with van der Waals surface area (Å²) in [5, 5.41) is 19.6. The Morgan fingerprint density at radius 3 is 2.70 bits per heavy atom. The number of halogens is 2. The van der Waals surface area contributed by atoms with Gasteiger partial charge in [-0.25, -0.2) is 15.0 Å². The van der Waals surface area contributed by atoms with Crippen LogP contribution in [0.3, 0.4) is 0 Å². The van der Waals surface area contributed by atoms with Gasteiger partial charge in [-0.15, -0.1) is 0 Å². The highest BCUT2D eigenvalue weighted by Crippen LogP contribution is 2.38. The number of hydrogen-bond donors (Lipinski definition) is 3. The summed E-state index contributed by atoms with van der Waals surface area (Å²) in [6.45, 7) is 0. The van der Waals surface area contributed by atoms with Crippen molar-refractivity contribution in [1.29, 1.82) is 0 Å². The molecule has 1 fully saturated rings. The molecule has 1 aliphatic carbocycles. The van der Waals surface area contributed by atoms with E-state index in [-0.39, 0.29) is 12.2 Å². The van der Waals surface area contributed by atoms with Crippen LogP contribution < -0.4 is 5.73 Å². The molecule has 20 heavy (non-hydrogen) atoms. The third-order valence-electron chi connectivity index (χ3n) is 3.49. The molecule has 0 radical (unpaired) electrons. The Morgan fingerprint density at radius 1 is 1.30 bits per heavy atom. The number of aromatic nitrogens is 4. The number of aliphatic hydroxyl groups is 2. The first-order valence-corrected chi connectivity index (χ1v) is 5.84. The van der Waals surface area contributed by atoms with Gasteiger partial charge in [-0.2, -0.15) is 8.78 Å². The topological polar surface area (TPSA) is 110 Å². The van der Waals surface area contributed by atoms with Crippen LogP contribution in [0.4, 0.5) is 14.6 Å². The Balaban J connectivity index is 2.09. The molecule has 7 nitrogen and oxygen atoms in total. The molecule has 0 bridgehead atoms. The predicted molar refractivity (Wildman–Crippen MR) is 64.6 cm³/mol. The van der Waals surface area contributed by atoms with Crippen molar-refractivity contribution in [2.75, 3.05) is 5.73 Å². The second-order valence-corrected chi connectivity index (χ2v) is 4.58. The van der Waals surface area contributed by atoms with E-state index in [2.05, 4.69) is 15.0 Å². The van der Waals surface area contributed by atoms with E-state index in [0.717, 1.165) is 0 Å². The summed E-state index contributed by atoms with van der Waals surface area (Å²) in [4.78, 5) is 11.8. The largest absolute Gasteiger partial charge is 0.388 e. The molecular weight excluding hydrogens is 272 g/mol. The molecule has 3 unspecified atom stereocenters. The van der Waals surface area contributed by atoms with E-state index in [1.165, 1.54) is 17.2 Å². The number of nitrogens with two attached hydrogens (primary N) is 1. The third kappa shape index (κ3) is 1.74. The summed E-state index contributed by atoms with van der Waals surface area (Å²) >= 11 is 0. The van der Waals surface area contributed by atoms with Crippen molar-refractivity contribution in [3.05, 3.63) is 24.3 Å². The fourth-order valence-electron chi connectivity index (χ4n) is 2.45. The van der Waals surface area contributed by atoms with Crippen LogP contribution in [0.1, 0.15) is 12.5 Å². The zero-order valence-electron chi connectivity index (χ0n) is 10.1. The lowest BCUT2D eigenvalue weighted by Crippen LogP contribution is -2.27. The number of anilines is 1. The molecule has 0 aliphatic heterocycles. The van der Waals surface area contributed by atoms with Crippen molar-refractivity contribution < 1.29 is 19.0 Å². The van der Waals surface area contributed by atoms with Gasteiger partial charge in [-0.3, -0.25) is 0 Å². The van der Waals surface area contributed by atoms with Gasteiger partial charge in [0.25, 0.3) is 6.08 Å². The van der Waals surface area contributed by atoms with E-state index in [9.17, 15) is 19.0 Å². The van der Waals surface area contributed by atoms with E-state index in [1.807, 2.05) is 0 Å². The second kappa shape index (κ2) is 4.46. The third-order valence-corrected chi connectivity index (χ3v) is 3.49. The van der Waals surface area contributed by atoms with Crippen molar-refractivity contribution >= 4 is 17.0 Å². The first-order valence-electron chi connectivity index (χ1n) is 5.84. The Kier molecular flexibility index (Phi) is 2.87.